The summed E-state index contributed by atoms with van der Waals surface area (Å²) in [6.07, 6.45) is 10.2. The lowest BCUT2D eigenvalue weighted by molar-refractivity contribution is -0.384. The lowest BCUT2D eigenvalue weighted by Crippen LogP contribution is -2.42. The lowest BCUT2D eigenvalue weighted by Gasteiger charge is -2.28. The number of thioether (sulfide) groups is 1. The number of nitro groups is 1. The van der Waals surface area contributed by atoms with Crippen LogP contribution in [0.15, 0.2) is 163 Å². The van der Waals surface area contributed by atoms with Crippen LogP contribution in [0.2, 0.25) is 0 Å². The molecule has 0 fully saturated rings. The zero-order valence-electron chi connectivity index (χ0n) is 29.6. The molecule has 3 amide bonds. The Morgan fingerprint density at radius 3 is 2.24 bits per heavy atom. The number of amidine groups is 1. The number of hydrogen-bond acceptors (Lipinski definition) is 7. The van der Waals surface area contributed by atoms with Gasteiger partial charge in [-0.3, -0.25) is 29.4 Å². The van der Waals surface area contributed by atoms with Crippen molar-refractivity contribution in [2.75, 3.05) is 5.75 Å². The molecule has 0 bridgehead atoms. The second kappa shape index (κ2) is 18.8. The number of non-ortho nitro benzene ring substituents is 1. The zero-order valence-corrected chi connectivity index (χ0v) is 30.4. The first kappa shape index (κ1) is 38.6. The third kappa shape index (κ3) is 9.84. The summed E-state index contributed by atoms with van der Waals surface area (Å²) < 4.78 is 6.04. The van der Waals surface area contributed by atoms with Crippen LogP contribution in [0, 0.1) is 10.1 Å². The van der Waals surface area contributed by atoms with Crippen LogP contribution in [-0.4, -0.2) is 38.5 Å². The first-order valence-electron chi connectivity index (χ1n) is 17.0. The molecule has 0 aromatic heterocycles. The van der Waals surface area contributed by atoms with Gasteiger partial charge in [0.25, 0.3) is 17.5 Å². The van der Waals surface area contributed by atoms with Crippen LogP contribution in [0.1, 0.15) is 40.8 Å². The van der Waals surface area contributed by atoms with Crippen molar-refractivity contribution in [3.63, 3.8) is 0 Å². The fourth-order valence-electron chi connectivity index (χ4n) is 5.58. The van der Waals surface area contributed by atoms with Crippen LogP contribution in [0.3, 0.4) is 0 Å². The van der Waals surface area contributed by atoms with Gasteiger partial charge in [0.15, 0.2) is 5.17 Å². The average molecular weight is 739 g/mol. The van der Waals surface area contributed by atoms with Gasteiger partial charge in [0, 0.05) is 17.8 Å². The Labute approximate surface area is 318 Å². The third-order valence-corrected chi connectivity index (χ3v) is 9.15. The molecule has 5 rings (SSSR count). The first-order chi connectivity index (χ1) is 26.2. The molecular formula is C43H38N4O6S. The number of rotatable bonds is 15. The molecule has 0 aliphatic carbocycles. The molecule has 10 nitrogen and oxygen atoms in total. The average Bonchev–Trinajstić information content (AvgIpc) is 3.19. The summed E-state index contributed by atoms with van der Waals surface area (Å²) in [4.78, 5) is 57.3. The van der Waals surface area contributed by atoms with Crippen molar-refractivity contribution >= 4 is 46.4 Å². The van der Waals surface area contributed by atoms with E-state index in [9.17, 15) is 24.5 Å². The fourth-order valence-corrected chi connectivity index (χ4v) is 6.39. The van der Waals surface area contributed by atoms with Crippen LogP contribution in [0.4, 0.5) is 5.69 Å². The van der Waals surface area contributed by atoms with Gasteiger partial charge in [-0.15, -0.1) is 6.58 Å². The highest BCUT2D eigenvalue weighted by atomic mass is 32.2. The van der Waals surface area contributed by atoms with Gasteiger partial charge in [0.1, 0.15) is 17.9 Å². The molecule has 0 unspecified atom stereocenters. The summed E-state index contributed by atoms with van der Waals surface area (Å²) in [5.74, 6) is -1.20. The number of nitrogens with one attached hydrogen (secondary N) is 1. The molecule has 1 aliphatic rings. The number of carbonyl (C=O) groups is 3. The summed E-state index contributed by atoms with van der Waals surface area (Å²) in [5, 5.41) is 14.2. The van der Waals surface area contributed by atoms with E-state index < -0.39 is 22.8 Å². The van der Waals surface area contributed by atoms with Gasteiger partial charge in [0.2, 0.25) is 5.91 Å². The van der Waals surface area contributed by atoms with E-state index in [0.29, 0.717) is 23.4 Å². The van der Waals surface area contributed by atoms with Crippen molar-refractivity contribution in [2.24, 2.45) is 4.99 Å². The van der Waals surface area contributed by atoms with E-state index in [1.165, 1.54) is 23.1 Å². The second-order valence-electron chi connectivity index (χ2n) is 11.9. The molecule has 4 aromatic carbocycles. The maximum Gasteiger partial charge on any atom is 0.285 e. The molecule has 0 saturated heterocycles. The van der Waals surface area contributed by atoms with Crippen LogP contribution < -0.4 is 10.1 Å². The summed E-state index contributed by atoms with van der Waals surface area (Å²) >= 11 is 0.989. The van der Waals surface area contributed by atoms with Crippen molar-refractivity contribution in [1.29, 1.82) is 0 Å². The second-order valence-corrected chi connectivity index (χ2v) is 12.8. The van der Waals surface area contributed by atoms with Gasteiger partial charge in [-0.1, -0.05) is 109 Å². The predicted molar refractivity (Wildman–Crippen MR) is 213 cm³/mol. The normalized spacial score (nSPS) is 14.0. The van der Waals surface area contributed by atoms with E-state index in [0.717, 1.165) is 34.0 Å². The smallest absolute Gasteiger partial charge is 0.285 e. The van der Waals surface area contributed by atoms with E-state index >= 15 is 0 Å². The number of nitro benzene ring substituents is 1. The number of carbonyl (C=O) groups excluding carboxylic acids is 3. The van der Waals surface area contributed by atoms with Crippen molar-refractivity contribution < 1.29 is 24.0 Å². The number of nitrogens with zero attached hydrogens (tertiary/aromatic N) is 3. The Kier molecular flexibility index (Phi) is 13.4. The number of ether oxygens (including phenoxy) is 1. The van der Waals surface area contributed by atoms with E-state index in [1.807, 2.05) is 60.7 Å². The molecule has 1 heterocycles. The van der Waals surface area contributed by atoms with Crippen LogP contribution in [-0.2, 0) is 27.4 Å². The molecule has 4 aromatic rings. The van der Waals surface area contributed by atoms with Crippen molar-refractivity contribution in [3.8, 4) is 5.75 Å². The van der Waals surface area contributed by atoms with E-state index in [2.05, 4.69) is 23.5 Å². The van der Waals surface area contributed by atoms with Gasteiger partial charge in [-0.2, -0.15) is 4.99 Å². The Morgan fingerprint density at radius 1 is 0.981 bits per heavy atom. The number of allylic oxidation sites excluding steroid dienone is 5. The van der Waals surface area contributed by atoms with Crippen molar-refractivity contribution in [1.82, 2.24) is 10.2 Å². The minimum atomic E-state index is -0.738. The Hall–Kier alpha value is -6.59. The van der Waals surface area contributed by atoms with Crippen molar-refractivity contribution in [3.05, 3.63) is 196 Å². The number of benzene rings is 4. The zero-order chi connectivity index (χ0) is 38.5. The molecule has 0 saturated carbocycles. The van der Waals surface area contributed by atoms with Gasteiger partial charge >= 0.3 is 0 Å². The first-order valence-corrected chi connectivity index (χ1v) is 18.0. The lowest BCUT2D eigenvalue weighted by atomic mass is 9.99. The molecular weight excluding hydrogens is 701 g/mol. The van der Waals surface area contributed by atoms with Gasteiger partial charge < -0.3 is 10.1 Å². The van der Waals surface area contributed by atoms with E-state index in [1.54, 1.807) is 67.6 Å². The standard InChI is InChI=1S/C43H38N4O6S/c1-4-7-19-35(6-3)46-42(50)37(27-31-22-25-38(34(26-31)14-5-2)53-28-30-20-23-36(24-21-30)47(51)52)41(49)45-43(46)54-29-39(48)44-40(32-15-10-8-11-16-32)33-17-12-9-13-18-33/h4-13,15-27,40H,1-2,14,28-29H2,3H3,(H,44,48)/b19-7-,35-6+,37-27+. The predicted octanol–water partition coefficient (Wildman–Crippen LogP) is 8.30. The molecule has 1 aliphatic heterocycles. The monoisotopic (exact) mass is 738 g/mol. The topological polar surface area (TPSA) is 131 Å². The van der Waals surface area contributed by atoms with E-state index in [-0.39, 0.29) is 34.7 Å². The number of amides is 3. The van der Waals surface area contributed by atoms with Crippen molar-refractivity contribution in [2.45, 2.75) is 26.0 Å². The largest absolute Gasteiger partial charge is 0.489 e. The van der Waals surface area contributed by atoms with Gasteiger partial charge in [0.05, 0.1) is 16.7 Å². The van der Waals surface area contributed by atoms with Gasteiger partial charge in [-0.05, 0) is 77.6 Å². The molecule has 0 atom stereocenters. The van der Waals surface area contributed by atoms with E-state index in [4.69, 9.17) is 4.74 Å². The fraction of sp³-hybridized carbons (Fsp3) is 0.116. The summed E-state index contributed by atoms with van der Waals surface area (Å²) in [6, 6.07) is 30.2. The maximum absolute atomic E-state index is 14.2. The summed E-state index contributed by atoms with van der Waals surface area (Å²) in [7, 11) is 0. The molecule has 54 heavy (non-hydrogen) atoms. The van der Waals surface area contributed by atoms with Crippen LogP contribution in [0.25, 0.3) is 6.08 Å². The van der Waals surface area contributed by atoms with Crippen LogP contribution >= 0.6 is 11.8 Å². The minimum absolute atomic E-state index is 0.0107. The highest BCUT2D eigenvalue weighted by Gasteiger charge is 2.35. The third-order valence-electron chi connectivity index (χ3n) is 8.21. The SMILES string of the molecule is C=C/C=C\C(=C/C)N1C(=O)/C(=C/c2ccc(OCc3ccc([N+](=O)[O-])cc3)c(CC=C)c2)C(=O)N=C1SCC(=O)NC(c1ccccc1)c1ccccc1. The molecule has 272 valence electrons. The summed E-state index contributed by atoms with van der Waals surface area (Å²) in [6.45, 7) is 9.50. The Bertz CT molecular complexity index is 2120. The quantitative estimate of drug-likeness (QED) is 0.0324. The maximum atomic E-state index is 14.2. The highest BCUT2D eigenvalue weighted by Crippen LogP contribution is 2.29. The molecule has 0 spiro atoms. The number of aliphatic imine (C=N–C) groups is 1. The van der Waals surface area contributed by atoms with Crippen LogP contribution in [0.5, 0.6) is 5.75 Å². The Morgan fingerprint density at radius 2 is 1.65 bits per heavy atom. The number of hydrogen-bond donors (Lipinski definition) is 1. The molecule has 0 radical (unpaired) electrons. The van der Waals surface area contributed by atoms with Gasteiger partial charge in [-0.25, -0.2) is 0 Å². The molecule has 1 N–H and O–H groups in total. The minimum Gasteiger partial charge on any atom is -0.489 e. The highest BCUT2D eigenvalue weighted by molar-refractivity contribution is 8.14. The molecule has 11 heteroatoms. The summed E-state index contributed by atoms with van der Waals surface area (Å²) in [5.41, 5.74) is 4.15. The Balaban J connectivity index is 1.39.